The summed E-state index contributed by atoms with van der Waals surface area (Å²) in [5.41, 5.74) is 7.90. The second-order valence-corrected chi connectivity index (χ2v) is 4.71. The summed E-state index contributed by atoms with van der Waals surface area (Å²) in [4.78, 5) is 0. The molecule has 0 radical (unpaired) electrons. The predicted molar refractivity (Wildman–Crippen MR) is 74.4 cm³/mol. The molecular formula is C14H17NO2S. The summed E-state index contributed by atoms with van der Waals surface area (Å²) >= 11 is 1.68. The normalized spacial score (nSPS) is 10.3. The van der Waals surface area contributed by atoms with E-state index in [0.717, 1.165) is 23.5 Å². The van der Waals surface area contributed by atoms with Crippen molar-refractivity contribution in [1.82, 2.24) is 0 Å². The van der Waals surface area contributed by atoms with Gasteiger partial charge in [0, 0.05) is 0 Å². The van der Waals surface area contributed by atoms with E-state index in [1.54, 1.807) is 18.4 Å². The van der Waals surface area contributed by atoms with Crippen LogP contribution in [-0.2, 0) is 13.0 Å². The Bertz CT molecular complexity index is 483. The van der Waals surface area contributed by atoms with Crippen molar-refractivity contribution in [2.24, 2.45) is 5.73 Å². The molecule has 1 heterocycles. The molecule has 1 aromatic carbocycles. The first-order valence-corrected chi connectivity index (χ1v) is 6.78. The number of nitrogens with two attached hydrogens (primary N) is 1. The Morgan fingerprint density at radius 1 is 1.28 bits per heavy atom. The summed E-state index contributed by atoms with van der Waals surface area (Å²) in [6.45, 7) is 1.19. The molecule has 0 unspecified atom stereocenters. The Morgan fingerprint density at radius 3 is 2.83 bits per heavy atom. The van der Waals surface area contributed by atoms with E-state index in [-0.39, 0.29) is 0 Å². The fourth-order valence-electron chi connectivity index (χ4n) is 1.71. The lowest BCUT2D eigenvalue weighted by atomic mass is 10.1. The summed E-state index contributed by atoms with van der Waals surface area (Å²) in [6.07, 6.45) is 0.788. The number of ether oxygens (including phenoxy) is 2. The molecule has 18 heavy (non-hydrogen) atoms. The average molecular weight is 263 g/mol. The lowest BCUT2D eigenvalue weighted by Gasteiger charge is -2.12. The minimum absolute atomic E-state index is 0.591. The summed E-state index contributed by atoms with van der Waals surface area (Å²) in [7, 11) is 1.66. The van der Waals surface area contributed by atoms with E-state index in [1.807, 2.05) is 23.6 Å². The van der Waals surface area contributed by atoms with Gasteiger partial charge in [0.25, 0.3) is 0 Å². The van der Waals surface area contributed by atoms with E-state index >= 15 is 0 Å². The highest BCUT2D eigenvalue weighted by molar-refractivity contribution is 7.07. The number of hydrogen-bond acceptors (Lipinski definition) is 4. The molecule has 0 amide bonds. The fraction of sp³-hybridized carbons (Fsp3) is 0.286. The van der Waals surface area contributed by atoms with Crippen LogP contribution >= 0.6 is 11.3 Å². The summed E-state index contributed by atoms with van der Waals surface area (Å²) in [5.74, 6) is 1.72. The number of methoxy groups -OCH3 is 1. The van der Waals surface area contributed by atoms with Crippen molar-refractivity contribution in [1.29, 1.82) is 0 Å². The number of benzene rings is 1. The topological polar surface area (TPSA) is 44.5 Å². The molecule has 1 aromatic heterocycles. The maximum Gasteiger partial charge on any atom is 0.123 e. The maximum atomic E-state index is 5.83. The summed E-state index contributed by atoms with van der Waals surface area (Å²) in [5, 5.41) is 4.14. The summed E-state index contributed by atoms with van der Waals surface area (Å²) in [6, 6.07) is 7.89. The van der Waals surface area contributed by atoms with Gasteiger partial charge in [0.05, 0.1) is 7.11 Å². The lowest BCUT2D eigenvalue weighted by molar-refractivity contribution is 0.302. The van der Waals surface area contributed by atoms with E-state index < -0.39 is 0 Å². The van der Waals surface area contributed by atoms with Crippen LogP contribution in [-0.4, -0.2) is 13.7 Å². The monoisotopic (exact) mass is 263 g/mol. The van der Waals surface area contributed by atoms with Gasteiger partial charge in [-0.1, -0.05) is 0 Å². The molecule has 0 atom stereocenters. The number of hydrogen-bond donors (Lipinski definition) is 1. The van der Waals surface area contributed by atoms with Gasteiger partial charge >= 0.3 is 0 Å². The average Bonchev–Trinajstić information content (AvgIpc) is 2.90. The van der Waals surface area contributed by atoms with Gasteiger partial charge in [-0.25, -0.2) is 0 Å². The van der Waals surface area contributed by atoms with Gasteiger partial charge in [0.1, 0.15) is 18.1 Å². The van der Waals surface area contributed by atoms with Crippen molar-refractivity contribution in [2.75, 3.05) is 13.7 Å². The van der Waals surface area contributed by atoms with Crippen LogP contribution in [0.5, 0.6) is 11.5 Å². The first kappa shape index (κ1) is 12.9. The third-order valence-electron chi connectivity index (χ3n) is 2.66. The van der Waals surface area contributed by atoms with Gasteiger partial charge < -0.3 is 15.2 Å². The van der Waals surface area contributed by atoms with Crippen LogP contribution in [0.3, 0.4) is 0 Å². The van der Waals surface area contributed by atoms with Crippen molar-refractivity contribution >= 4 is 11.3 Å². The Labute approximate surface area is 111 Å². The molecule has 0 saturated carbocycles. The first-order chi connectivity index (χ1) is 8.83. The van der Waals surface area contributed by atoms with Crippen molar-refractivity contribution in [2.45, 2.75) is 13.0 Å². The van der Waals surface area contributed by atoms with Gasteiger partial charge in [0.15, 0.2) is 0 Å². The molecule has 2 aromatic rings. The second-order valence-electron chi connectivity index (χ2n) is 3.93. The second kappa shape index (κ2) is 6.42. The fourth-order valence-corrected chi connectivity index (χ4v) is 2.36. The Morgan fingerprint density at radius 2 is 2.17 bits per heavy atom. The van der Waals surface area contributed by atoms with Gasteiger partial charge in [-0.3, -0.25) is 0 Å². The van der Waals surface area contributed by atoms with E-state index in [2.05, 4.69) is 11.4 Å². The molecule has 0 aliphatic rings. The molecule has 0 aliphatic heterocycles. The molecule has 96 valence electrons. The van der Waals surface area contributed by atoms with E-state index in [1.165, 1.54) is 5.56 Å². The first-order valence-electron chi connectivity index (χ1n) is 5.84. The van der Waals surface area contributed by atoms with Crippen LogP contribution in [0.25, 0.3) is 0 Å². The number of thiophene rings is 1. The smallest absolute Gasteiger partial charge is 0.123 e. The third-order valence-corrected chi connectivity index (χ3v) is 3.39. The Balaban J connectivity index is 2.10. The van der Waals surface area contributed by atoms with Crippen LogP contribution in [0.2, 0.25) is 0 Å². The van der Waals surface area contributed by atoms with Gasteiger partial charge in [0.2, 0.25) is 0 Å². The van der Waals surface area contributed by atoms with Crippen molar-refractivity contribution in [3.63, 3.8) is 0 Å². The zero-order valence-corrected chi connectivity index (χ0v) is 11.2. The van der Waals surface area contributed by atoms with Crippen LogP contribution in [0.1, 0.15) is 11.1 Å². The predicted octanol–water partition coefficient (Wildman–Crippen LogP) is 2.84. The zero-order chi connectivity index (χ0) is 12.8. The van der Waals surface area contributed by atoms with Crippen molar-refractivity contribution in [3.8, 4) is 11.5 Å². The van der Waals surface area contributed by atoms with Crippen LogP contribution in [0, 0.1) is 0 Å². The minimum Gasteiger partial charge on any atom is -0.497 e. The van der Waals surface area contributed by atoms with Gasteiger partial charge in [-0.15, -0.1) is 0 Å². The van der Waals surface area contributed by atoms with Gasteiger partial charge in [-0.05, 0) is 59.1 Å². The molecule has 0 spiro atoms. The van der Waals surface area contributed by atoms with Crippen LogP contribution in [0.15, 0.2) is 35.0 Å². The highest BCUT2D eigenvalue weighted by Crippen LogP contribution is 2.25. The highest BCUT2D eigenvalue weighted by Gasteiger charge is 2.06. The molecule has 4 heteroatoms. The highest BCUT2D eigenvalue weighted by atomic mass is 32.1. The lowest BCUT2D eigenvalue weighted by Crippen LogP contribution is -2.05. The van der Waals surface area contributed by atoms with E-state index in [9.17, 15) is 0 Å². The molecule has 2 rings (SSSR count). The molecule has 0 saturated heterocycles. The minimum atomic E-state index is 0.591. The molecule has 3 nitrogen and oxygen atoms in total. The van der Waals surface area contributed by atoms with Gasteiger partial charge in [-0.2, -0.15) is 11.3 Å². The zero-order valence-electron chi connectivity index (χ0n) is 10.4. The maximum absolute atomic E-state index is 5.83. The Kier molecular flexibility index (Phi) is 4.61. The SMILES string of the molecule is COc1ccc(OCc2ccsc2)c(CCN)c1. The van der Waals surface area contributed by atoms with Crippen molar-refractivity contribution in [3.05, 3.63) is 46.2 Å². The van der Waals surface area contributed by atoms with E-state index in [0.29, 0.717) is 13.2 Å². The molecule has 0 bridgehead atoms. The Hall–Kier alpha value is -1.52. The molecular weight excluding hydrogens is 246 g/mol. The molecule has 0 aliphatic carbocycles. The van der Waals surface area contributed by atoms with E-state index in [4.69, 9.17) is 15.2 Å². The standard InChI is InChI=1S/C14H17NO2S/c1-16-13-2-3-14(12(8-13)4-6-15)17-9-11-5-7-18-10-11/h2-3,5,7-8,10H,4,6,9,15H2,1H3. The molecule has 0 fully saturated rings. The third kappa shape index (κ3) is 3.24. The van der Waals surface area contributed by atoms with Crippen LogP contribution < -0.4 is 15.2 Å². The summed E-state index contributed by atoms with van der Waals surface area (Å²) < 4.78 is 11.0. The molecule has 2 N–H and O–H groups in total. The quantitative estimate of drug-likeness (QED) is 0.871. The van der Waals surface area contributed by atoms with Crippen molar-refractivity contribution < 1.29 is 9.47 Å². The number of rotatable bonds is 6. The van der Waals surface area contributed by atoms with Crippen LogP contribution in [0.4, 0.5) is 0 Å². The largest absolute Gasteiger partial charge is 0.497 e.